The van der Waals surface area contributed by atoms with E-state index in [1.807, 2.05) is 29.2 Å². The van der Waals surface area contributed by atoms with Gasteiger partial charge in [-0.1, -0.05) is 29.8 Å². The topological polar surface area (TPSA) is 55.6 Å². The number of hydrogen-bond donors (Lipinski definition) is 1. The third-order valence-corrected chi connectivity index (χ3v) is 4.48. The van der Waals surface area contributed by atoms with Crippen molar-refractivity contribution in [2.45, 2.75) is 37.8 Å². The SMILES string of the molecule is COC(CN)CC(=O)N1CCCC1Cc1ccccc1Cl.Cl. The van der Waals surface area contributed by atoms with Crippen LogP contribution in [0.5, 0.6) is 0 Å². The van der Waals surface area contributed by atoms with Gasteiger partial charge < -0.3 is 15.4 Å². The van der Waals surface area contributed by atoms with Crippen molar-refractivity contribution < 1.29 is 9.53 Å². The summed E-state index contributed by atoms with van der Waals surface area (Å²) in [7, 11) is 1.59. The van der Waals surface area contributed by atoms with Crippen LogP contribution >= 0.6 is 24.0 Å². The number of benzene rings is 1. The van der Waals surface area contributed by atoms with Crippen molar-refractivity contribution in [2.24, 2.45) is 5.73 Å². The highest BCUT2D eigenvalue weighted by molar-refractivity contribution is 6.31. The summed E-state index contributed by atoms with van der Waals surface area (Å²) in [5, 5.41) is 0.772. The van der Waals surface area contributed by atoms with Gasteiger partial charge in [0.15, 0.2) is 0 Å². The second-order valence-electron chi connectivity index (χ2n) is 5.48. The molecule has 0 bridgehead atoms. The molecule has 1 aromatic carbocycles. The van der Waals surface area contributed by atoms with Gasteiger partial charge in [-0.25, -0.2) is 0 Å². The van der Waals surface area contributed by atoms with Gasteiger partial charge in [-0.15, -0.1) is 12.4 Å². The van der Waals surface area contributed by atoms with Crippen LogP contribution in [0, 0.1) is 0 Å². The summed E-state index contributed by atoms with van der Waals surface area (Å²) in [6, 6.07) is 8.06. The lowest BCUT2D eigenvalue weighted by molar-refractivity contribution is -0.134. The molecule has 2 unspecified atom stereocenters. The number of methoxy groups -OCH3 is 1. The molecule has 0 aliphatic carbocycles. The fourth-order valence-electron chi connectivity index (χ4n) is 2.87. The molecule has 22 heavy (non-hydrogen) atoms. The van der Waals surface area contributed by atoms with Gasteiger partial charge in [-0.2, -0.15) is 0 Å². The highest BCUT2D eigenvalue weighted by Gasteiger charge is 2.30. The molecular formula is C16H24Cl2N2O2. The second-order valence-corrected chi connectivity index (χ2v) is 5.88. The standard InChI is InChI=1S/C16H23ClN2O2.ClH/c1-21-14(11-18)10-16(20)19-8-4-6-13(19)9-12-5-2-3-7-15(12)17;/h2-3,5,7,13-14H,4,6,8-11,18H2,1H3;1H. The van der Waals surface area contributed by atoms with Crippen LogP contribution in [0.25, 0.3) is 0 Å². The molecule has 0 aromatic heterocycles. The third kappa shape index (κ3) is 4.85. The average Bonchev–Trinajstić information content (AvgIpc) is 2.95. The molecule has 2 N–H and O–H groups in total. The first kappa shape index (κ1) is 19.2. The first-order chi connectivity index (χ1) is 10.2. The minimum absolute atomic E-state index is 0. The number of carbonyl (C=O) groups excluding carboxylic acids is 1. The predicted octanol–water partition coefficient (Wildman–Crippen LogP) is 2.66. The highest BCUT2D eigenvalue weighted by Crippen LogP contribution is 2.25. The highest BCUT2D eigenvalue weighted by atomic mass is 35.5. The summed E-state index contributed by atoms with van der Waals surface area (Å²) in [5.74, 6) is 0.127. The van der Waals surface area contributed by atoms with Gasteiger partial charge in [0.25, 0.3) is 0 Å². The Bertz CT molecular complexity index is 481. The molecule has 2 rings (SSSR count). The predicted molar refractivity (Wildman–Crippen MR) is 91.6 cm³/mol. The lowest BCUT2D eigenvalue weighted by Crippen LogP contribution is -2.40. The summed E-state index contributed by atoms with van der Waals surface area (Å²) >= 11 is 6.22. The van der Waals surface area contributed by atoms with Crippen LogP contribution in [-0.2, 0) is 16.0 Å². The maximum absolute atomic E-state index is 12.4. The maximum atomic E-state index is 12.4. The zero-order valence-corrected chi connectivity index (χ0v) is 14.4. The van der Waals surface area contributed by atoms with Crippen LogP contribution in [0.4, 0.5) is 0 Å². The zero-order valence-electron chi connectivity index (χ0n) is 12.8. The minimum Gasteiger partial charge on any atom is -0.380 e. The van der Waals surface area contributed by atoms with Gasteiger partial charge in [0.1, 0.15) is 0 Å². The average molecular weight is 347 g/mol. The Labute approximate surface area is 143 Å². The van der Waals surface area contributed by atoms with Crippen LogP contribution in [0.3, 0.4) is 0 Å². The number of halogens is 2. The van der Waals surface area contributed by atoms with Crippen molar-refractivity contribution >= 4 is 29.9 Å². The van der Waals surface area contributed by atoms with E-state index in [2.05, 4.69) is 0 Å². The zero-order chi connectivity index (χ0) is 15.2. The molecule has 0 saturated carbocycles. The Kier molecular flexibility index (Phi) is 8.18. The van der Waals surface area contributed by atoms with Crippen molar-refractivity contribution in [3.63, 3.8) is 0 Å². The molecule has 0 spiro atoms. The molecule has 1 aliphatic rings. The molecule has 1 heterocycles. The van der Waals surface area contributed by atoms with Gasteiger partial charge in [0.05, 0.1) is 12.5 Å². The van der Waals surface area contributed by atoms with Crippen LogP contribution in [0.1, 0.15) is 24.8 Å². The van der Waals surface area contributed by atoms with Crippen molar-refractivity contribution in [2.75, 3.05) is 20.2 Å². The van der Waals surface area contributed by atoms with E-state index in [4.69, 9.17) is 22.1 Å². The maximum Gasteiger partial charge on any atom is 0.225 e. The fourth-order valence-corrected chi connectivity index (χ4v) is 3.08. The van der Waals surface area contributed by atoms with E-state index in [1.165, 1.54) is 0 Å². The Balaban J connectivity index is 0.00000242. The Morgan fingerprint density at radius 3 is 2.86 bits per heavy atom. The van der Waals surface area contributed by atoms with Gasteiger partial charge in [0.2, 0.25) is 5.91 Å². The van der Waals surface area contributed by atoms with E-state index in [9.17, 15) is 4.79 Å². The number of amides is 1. The Morgan fingerprint density at radius 1 is 1.50 bits per heavy atom. The van der Waals surface area contributed by atoms with Crippen molar-refractivity contribution in [3.8, 4) is 0 Å². The molecule has 4 nitrogen and oxygen atoms in total. The number of nitrogens with two attached hydrogens (primary N) is 1. The normalized spacial score (nSPS) is 18.9. The van der Waals surface area contributed by atoms with Crippen LogP contribution < -0.4 is 5.73 Å². The first-order valence-electron chi connectivity index (χ1n) is 7.41. The number of ether oxygens (including phenoxy) is 1. The Hall–Kier alpha value is -0.810. The number of nitrogens with zero attached hydrogens (tertiary/aromatic N) is 1. The molecule has 1 saturated heterocycles. The van der Waals surface area contributed by atoms with E-state index >= 15 is 0 Å². The van der Waals surface area contributed by atoms with Crippen LogP contribution in [0.2, 0.25) is 5.02 Å². The largest absolute Gasteiger partial charge is 0.380 e. The van der Waals surface area contributed by atoms with E-state index in [1.54, 1.807) is 7.11 Å². The van der Waals surface area contributed by atoms with Gasteiger partial charge >= 0.3 is 0 Å². The van der Waals surface area contributed by atoms with E-state index in [0.29, 0.717) is 13.0 Å². The van der Waals surface area contributed by atoms with Gasteiger partial charge in [-0.3, -0.25) is 4.79 Å². The van der Waals surface area contributed by atoms with E-state index < -0.39 is 0 Å². The molecule has 1 aromatic rings. The molecule has 0 radical (unpaired) electrons. The summed E-state index contributed by atoms with van der Waals surface area (Å²) in [6.07, 6.45) is 3.04. The van der Waals surface area contributed by atoms with Crippen molar-refractivity contribution in [1.82, 2.24) is 4.90 Å². The third-order valence-electron chi connectivity index (χ3n) is 4.11. The van der Waals surface area contributed by atoms with Crippen molar-refractivity contribution in [1.29, 1.82) is 0 Å². The second kappa shape index (κ2) is 9.36. The van der Waals surface area contributed by atoms with Gasteiger partial charge in [0, 0.05) is 31.3 Å². The monoisotopic (exact) mass is 346 g/mol. The lowest BCUT2D eigenvalue weighted by Gasteiger charge is -2.26. The Morgan fingerprint density at radius 2 is 2.23 bits per heavy atom. The number of rotatable bonds is 6. The first-order valence-corrected chi connectivity index (χ1v) is 7.79. The minimum atomic E-state index is -0.195. The van der Waals surface area contributed by atoms with Crippen LogP contribution in [-0.4, -0.2) is 43.2 Å². The number of likely N-dealkylation sites (tertiary alicyclic amines) is 1. The van der Waals surface area contributed by atoms with Crippen LogP contribution in [0.15, 0.2) is 24.3 Å². The van der Waals surface area contributed by atoms with E-state index in [-0.39, 0.29) is 30.5 Å². The molecule has 1 aliphatic heterocycles. The molecular weight excluding hydrogens is 323 g/mol. The number of carbonyl (C=O) groups is 1. The summed E-state index contributed by atoms with van der Waals surface area (Å²) in [6.45, 7) is 1.18. The summed E-state index contributed by atoms with van der Waals surface area (Å²) < 4.78 is 5.21. The summed E-state index contributed by atoms with van der Waals surface area (Å²) in [4.78, 5) is 14.4. The fraction of sp³-hybridized carbons (Fsp3) is 0.562. The smallest absolute Gasteiger partial charge is 0.225 e. The van der Waals surface area contributed by atoms with Gasteiger partial charge in [-0.05, 0) is 30.9 Å². The number of hydrogen-bond acceptors (Lipinski definition) is 3. The molecule has 6 heteroatoms. The quantitative estimate of drug-likeness (QED) is 0.861. The molecule has 2 atom stereocenters. The lowest BCUT2D eigenvalue weighted by atomic mass is 10.0. The van der Waals surface area contributed by atoms with E-state index in [0.717, 1.165) is 36.4 Å². The summed E-state index contributed by atoms with van der Waals surface area (Å²) in [5.41, 5.74) is 6.70. The molecule has 1 fully saturated rings. The molecule has 124 valence electrons. The molecule has 1 amide bonds. The van der Waals surface area contributed by atoms with Crippen molar-refractivity contribution in [3.05, 3.63) is 34.9 Å².